The Morgan fingerprint density at radius 3 is 2.58 bits per heavy atom. The predicted molar refractivity (Wildman–Crippen MR) is 72.1 cm³/mol. The van der Waals surface area contributed by atoms with Crippen LogP contribution in [-0.4, -0.2) is 30.1 Å². The van der Waals surface area contributed by atoms with Gasteiger partial charge in [-0.3, -0.25) is 10.1 Å². The van der Waals surface area contributed by atoms with Crippen LogP contribution in [0.25, 0.3) is 0 Å². The van der Waals surface area contributed by atoms with Crippen molar-refractivity contribution < 1.29 is 4.92 Å². The molecule has 0 saturated carbocycles. The highest BCUT2D eigenvalue weighted by Gasteiger charge is 2.28. The van der Waals surface area contributed by atoms with E-state index < -0.39 is 4.92 Å². The van der Waals surface area contributed by atoms with Crippen molar-refractivity contribution in [1.82, 2.24) is 5.32 Å². The van der Waals surface area contributed by atoms with Gasteiger partial charge in [0.05, 0.1) is 4.92 Å². The maximum absolute atomic E-state index is 11.2. The molecule has 0 radical (unpaired) electrons. The molecule has 0 aliphatic carbocycles. The van der Waals surface area contributed by atoms with Crippen LogP contribution in [0.5, 0.6) is 0 Å². The van der Waals surface area contributed by atoms with Gasteiger partial charge in [0, 0.05) is 25.2 Å². The van der Waals surface area contributed by atoms with Gasteiger partial charge in [-0.15, -0.1) is 0 Å². The maximum atomic E-state index is 11.2. The van der Waals surface area contributed by atoms with E-state index in [0.717, 1.165) is 0 Å². The number of nitro benzene ring substituents is 1. The first-order valence-electron chi connectivity index (χ1n) is 6.21. The highest BCUT2D eigenvalue weighted by Crippen LogP contribution is 2.32. The molecule has 0 spiro atoms. The molecule has 1 heterocycles. The van der Waals surface area contributed by atoms with Crippen molar-refractivity contribution in [3.05, 3.63) is 33.9 Å². The summed E-state index contributed by atoms with van der Waals surface area (Å²) in [4.78, 5) is 12.7. The molecular weight excluding hydrogens is 244 g/mol. The molecule has 19 heavy (non-hydrogen) atoms. The third kappa shape index (κ3) is 2.66. The van der Waals surface area contributed by atoms with Gasteiger partial charge in [-0.05, 0) is 26.0 Å². The first-order chi connectivity index (χ1) is 9.02. The molecule has 1 aromatic carbocycles. The number of piperazine rings is 1. The van der Waals surface area contributed by atoms with Crippen molar-refractivity contribution in [1.29, 1.82) is 5.26 Å². The van der Waals surface area contributed by atoms with Crippen LogP contribution in [0.2, 0.25) is 0 Å². The Labute approximate surface area is 111 Å². The van der Waals surface area contributed by atoms with E-state index >= 15 is 0 Å². The first-order valence-corrected chi connectivity index (χ1v) is 6.21. The summed E-state index contributed by atoms with van der Waals surface area (Å²) in [6.07, 6.45) is 0. The molecule has 6 nitrogen and oxygen atoms in total. The van der Waals surface area contributed by atoms with Gasteiger partial charge in [0.1, 0.15) is 17.3 Å². The van der Waals surface area contributed by atoms with Crippen LogP contribution in [0, 0.1) is 21.4 Å². The summed E-state index contributed by atoms with van der Waals surface area (Å²) >= 11 is 0. The van der Waals surface area contributed by atoms with E-state index in [4.69, 9.17) is 5.26 Å². The lowest BCUT2D eigenvalue weighted by molar-refractivity contribution is -0.384. The van der Waals surface area contributed by atoms with Crippen LogP contribution in [-0.2, 0) is 0 Å². The summed E-state index contributed by atoms with van der Waals surface area (Å²) in [5.74, 6) is 0. The van der Waals surface area contributed by atoms with Crippen LogP contribution in [0.3, 0.4) is 0 Å². The molecule has 1 N–H and O–H groups in total. The SMILES string of the molecule is CC1CN(c2cccc(C#N)c2[N+](=O)[O-])CC(C)N1. The predicted octanol–water partition coefficient (Wildman–Crippen LogP) is 1.65. The number of rotatable bonds is 2. The van der Waals surface area contributed by atoms with E-state index in [1.54, 1.807) is 12.1 Å². The average Bonchev–Trinajstić information content (AvgIpc) is 2.36. The number of anilines is 1. The Hall–Kier alpha value is -2.13. The van der Waals surface area contributed by atoms with E-state index in [1.807, 2.05) is 24.8 Å². The average molecular weight is 260 g/mol. The number of benzene rings is 1. The van der Waals surface area contributed by atoms with Crippen molar-refractivity contribution in [2.45, 2.75) is 25.9 Å². The van der Waals surface area contributed by atoms with E-state index in [9.17, 15) is 10.1 Å². The summed E-state index contributed by atoms with van der Waals surface area (Å²) in [5, 5.41) is 23.6. The summed E-state index contributed by atoms with van der Waals surface area (Å²) in [6.45, 7) is 5.48. The fraction of sp³-hybridized carbons (Fsp3) is 0.462. The van der Waals surface area contributed by atoms with Gasteiger partial charge in [-0.1, -0.05) is 6.07 Å². The second-order valence-electron chi connectivity index (χ2n) is 4.92. The molecule has 2 rings (SSSR count). The van der Waals surface area contributed by atoms with Gasteiger partial charge in [0.25, 0.3) is 0 Å². The summed E-state index contributed by atoms with van der Waals surface area (Å²) < 4.78 is 0. The summed E-state index contributed by atoms with van der Waals surface area (Å²) in [6, 6.07) is 7.30. The van der Waals surface area contributed by atoms with Crippen molar-refractivity contribution in [3.8, 4) is 6.07 Å². The third-order valence-electron chi connectivity index (χ3n) is 3.22. The van der Waals surface area contributed by atoms with Crippen molar-refractivity contribution in [3.63, 3.8) is 0 Å². The van der Waals surface area contributed by atoms with Crippen LogP contribution in [0.15, 0.2) is 18.2 Å². The minimum atomic E-state index is -0.467. The number of hydrogen-bond donors (Lipinski definition) is 1. The molecule has 2 atom stereocenters. The van der Waals surface area contributed by atoms with Gasteiger partial charge >= 0.3 is 5.69 Å². The Morgan fingerprint density at radius 2 is 2.05 bits per heavy atom. The molecule has 0 aromatic heterocycles. The smallest absolute Gasteiger partial charge is 0.310 e. The highest BCUT2D eigenvalue weighted by atomic mass is 16.6. The number of para-hydroxylation sites is 1. The molecule has 2 unspecified atom stereocenters. The zero-order valence-corrected chi connectivity index (χ0v) is 11.0. The molecule has 1 fully saturated rings. The van der Waals surface area contributed by atoms with E-state index in [1.165, 1.54) is 6.07 Å². The lowest BCUT2D eigenvalue weighted by Gasteiger charge is -2.37. The third-order valence-corrected chi connectivity index (χ3v) is 3.22. The minimum Gasteiger partial charge on any atom is -0.363 e. The van der Waals surface area contributed by atoms with E-state index in [-0.39, 0.29) is 23.3 Å². The van der Waals surface area contributed by atoms with Crippen molar-refractivity contribution >= 4 is 11.4 Å². The fourth-order valence-electron chi connectivity index (χ4n) is 2.59. The van der Waals surface area contributed by atoms with Crippen LogP contribution in [0.4, 0.5) is 11.4 Å². The lowest BCUT2D eigenvalue weighted by atomic mass is 10.1. The fourth-order valence-corrected chi connectivity index (χ4v) is 2.59. The minimum absolute atomic E-state index is 0.0914. The largest absolute Gasteiger partial charge is 0.363 e. The number of nitriles is 1. The van der Waals surface area contributed by atoms with Gasteiger partial charge < -0.3 is 10.2 Å². The van der Waals surface area contributed by atoms with Gasteiger partial charge in [-0.25, -0.2) is 0 Å². The second-order valence-corrected chi connectivity index (χ2v) is 4.92. The lowest BCUT2D eigenvalue weighted by Crippen LogP contribution is -2.54. The molecule has 100 valence electrons. The topological polar surface area (TPSA) is 82.2 Å². The quantitative estimate of drug-likeness (QED) is 0.646. The maximum Gasteiger partial charge on any atom is 0.310 e. The Kier molecular flexibility index (Phi) is 3.67. The zero-order chi connectivity index (χ0) is 14.0. The van der Waals surface area contributed by atoms with Crippen LogP contribution < -0.4 is 10.2 Å². The molecule has 0 bridgehead atoms. The normalized spacial score (nSPS) is 22.9. The van der Waals surface area contributed by atoms with Gasteiger partial charge in [0.2, 0.25) is 0 Å². The molecule has 1 aliphatic rings. The Balaban J connectivity index is 2.44. The van der Waals surface area contributed by atoms with Crippen LogP contribution in [0.1, 0.15) is 19.4 Å². The Bertz CT molecular complexity index is 528. The zero-order valence-electron chi connectivity index (χ0n) is 11.0. The monoisotopic (exact) mass is 260 g/mol. The highest BCUT2D eigenvalue weighted by molar-refractivity contribution is 5.70. The summed E-state index contributed by atoms with van der Waals surface area (Å²) in [7, 11) is 0. The molecular formula is C13H16N4O2. The van der Waals surface area contributed by atoms with Crippen molar-refractivity contribution in [2.75, 3.05) is 18.0 Å². The van der Waals surface area contributed by atoms with Gasteiger partial charge in [-0.2, -0.15) is 5.26 Å². The second kappa shape index (κ2) is 5.24. The van der Waals surface area contributed by atoms with Gasteiger partial charge in [0.15, 0.2) is 0 Å². The number of nitrogens with zero attached hydrogens (tertiary/aromatic N) is 3. The molecule has 1 aromatic rings. The first kappa shape index (κ1) is 13.3. The molecule has 1 saturated heterocycles. The van der Waals surface area contributed by atoms with E-state index in [0.29, 0.717) is 18.8 Å². The Morgan fingerprint density at radius 1 is 1.42 bits per heavy atom. The number of nitro groups is 1. The molecule has 6 heteroatoms. The molecule has 1 aliphatic heterocycles. The number of hydrogen-bond acceptors (Lipinski definition) is 5. The van der Waals surface area contributed by atoms with Crippen LogP contribution >= 0.6 is 0 Å². The number of nitrogens with one attached hydrogen (secondary N) is 1. The standard InChI is InChI=1S/C13H16N4O2/c1-9-7-16(8-10(2)15-9)12-5-3-4-11(6-14)13(12)17(18)19/h3-5,9-10,15H,7-8H2,1-2H3. The summed E-state index contributed by atoms with van der Waals surface area (Å²) in [5.41, 5.74) is 0.553. The van der Waals surface area contributed by atoms with E-state index in [2.05, 4.69) is 5.32 Å². The van der Waals surface area contributed by atoms with Crippen molar-refractivity contribution in [2.24, 2.45) is 0 Å². The molecule has 0 amide bonds.